The van der Waals surface area contributed by atoms with E-state index in [0.29, 0.717) is 78.0 Å². The number of urea groups is 1. The van der Waals surface area contributed by atoms with Gasteiger partial charge in [-0.1, -0.05) is 26.7 Å². The van der Waals surface area contributed by atoms with Gasteiger partial charge in [-0.25, -0.2) is 10.2 Å². The Hall–Kier alpha value is -3.05. The molecule has 16 nitrogen and oxygen atoms in total. The second-order valence-corrected chi connectivity index (χ2v) is 10.9. The molecule has 1 heterocycles. The van der Waals surface area contributed by atoms with E-state index in [1.807, 2.05) is 4.90 Å². The third kappa shape index (κ3) is 19.9. The molecule has 0 atom stereocenters. The quantitative estimate of drug-likeness (QED) is 0.0799. The molecule has 0 radical (unpaired) electrons. The summed E-state index contributed by atoms with van der Waals surface area (Å²) in [7, 11) is 0. The molecule has 0 aromatic carbocycles. The van der Waals surface area contributed by atoms with E-state index < -0.39 is 23.9 Å². The van der Waals surface area contributed by atoms with E-state index in [2.05, 4.69) is 35.3 Å². The maximum atomic E-state index is 12.1. The Bertz CT molecular complexity index is 815. The van der Waals surface area contributed by atoms with Crippen molar-refractivity contribution in [1.29, 1.82) is 0 Å². The lowest BCUT2D eigenvalue weighted by atomic mass is 10.1. The predicted molar refractivity (Wildman–Crippen MR) is 155 cm³/mol. The van der Waals surface area contributed by atoms with E-state index in [-0.39, 0.29) is 32.0 Å². The van der Waals surface area contributed by atoms with E-state index in [1.165, 1.54) is 0 Å². The van der Waals surface area contributed by atoms with Gasteiger partial charge in [0.2, 0.25) is 5.91 Å². The molecule has 1 saturated heterocycles. The Balaban J connectivity index is 2.56. The fourth-order valence-electron chi connectivity index (χ4n) is 4.34. The summed E-state index contributed by atoms with van der Waals surface area (Å²) in [5.41, 5.74) is 4.70. The standard InChI is InChI=1S/C26H50N8O8/c1-21(2)5-3-4-7-28-26(42)30-29-22(35)6-8-27-20-34-15-13-32(18-24(38)39)11-9-31(17-23(36)37)10-12-33(14-16-34)19-25(40)41/h21,27H,3-20H2,1-2H3,(H,29,35)(H,36,37)(H,38,39)(H,40,41)(H2,28,30,42). The van der Waals surface area contributed by atoms with E-state index >= 15 is 0 Å². The van der Waals surface area contributed by atoms with Crippen LogP contribution in [0.25, 0.3) is 0 Å². The molecule has 42 heavy (non-hydrogen) atoms. The largest absolute Gasteiger partial charge is 0.480 e. The zero-order valence-electron chi connectivity index (χ0n) is 25.0. The SMILES string of the molecule is CC(C)CCCCNC(=O)NNC(=O)CCNCN1CCN(CC(=O)O)CCN(CC(=O)O)CCN(CC(=O)O)CC1. The van der Waals surface area contributed by atoms with Gasteiger partial charge >= 0.3 is 23.9 Å². The zero-order chi connectivity index (χ0) is 31.3. The van der Waals surface area contributed by atoms with Gasteiger partial charge in [0.15, 0.2) is 0 Å². The van der Waals surface area contributed by atoms with E-state index in [1.54, 1.807) is 14.7 Å². The van der Waals surface area contributed by atoms with Crippen molar-refractivity contribution in [2.75, 3.05) is 91.8 Å². The minimum Gasteiger partial charge on any atom is -0.480 e. The lowest BCUT2D eigenvalue weighted by molar-refractivity contribution is -0.140. The van der Waals surface area contributed by atoms with Crippen molar-refractivity contribution < 1.29 is 39.3 Å². The second-order valence-electron chi connectivity index (χ2n) is 10.9. The summed E-state index contributed by atoms with van der Waals surface area (Å²) >= 11 is 0. The molecular weight excluding hydrogens is 552 g/mol. The molecule has 242 valence electrons. The smallest absolute Gasteiger partial charge is 0.333 e. The number of nitrogens with zero attached hydrogens (tertiary/aromatic N) is 4. The molecule has 1 aliphatic heterocycles. The maximum Gasteiger partial charge on any atom is 0.333 e. The summed E-state index contributed by atoms with van der Waals surface area (Å²) in [5, 5.41) is 33.8. The van der Waals surface area contributed by atoms with Crippen LogP contribution < -0.4 is 21.5 Å². The molecule has 0 aromatic heterocycles. The van der Waals surface area contributed by atoms with Gasteiger partial charge in [-0.15, -0.1) is 0 Å². The van der Waals surface area contributed by atoms with Gasteiger partial charge in [-0.3, -0.25) is 44.2 Å². The number of carbonyl (C=O) groups is 5. The number of carboxylic acids is 3. The number of nitrogens with one attached hydrogen (secondary N) is 4. The van der Waals surface area contributed by atoms with Crippen LogP contribution in [0.15, 0.2) is 0 Å². The fourth-order valence-corrected chi connectivity index (χ4v) is 4.34. The van der Waals surface area contributed by atoms with Crippen LogP contribution in [0.4, 0.5) is 4.79 Å². The first-order valence-corrected chi connectivity index (χ1v) is 14.5. The van der Waals surface area contributed by atoms with Gasteiger partial charge in [0.1, 0.15) is 0 Å². The van der Waals surface area contributed by atoms with Gasteiger partial charge in [0.05, 0.1) is 19.6 Å². The van der Waals surface area contributed by atoms with Crippen molar-refractivity contribution in [1.82, 2.24) is 41.1 Å². The Kier molecular flexibility index (Phi) is 19.0. The monoisotopic (exact) mass is 602 g/mol. The Morgan fingerprint density at radius 1 is 0.643 bits per heavy atom. The van der Waals surface area contributed by atoms with E-state index in [9.17, 15) is 39.3 Å². The maximum absolute atomic E-state index is 12.1. The minimum absolute atomic E-state index is 0.109. The predicted octanol–water partition coefficient (Wildman–Crippen LogP) is -1.44. The average Bonchev–Trinajstić information content (AvgIpc) is 2.89. The number of carbonyl (C=O) groups excluding carboxylic acids is 2. The average molecular weight is 603 g/mol. The Morgan fingerprint density at radius 3 is 1.52 bits per heavy atom. The number of amides is 3. The second kappa shape index (κ2) is 21.6. The first-order valence-electron chi connectivity index (χ1n) is 14.5. The van der Waals surface area contributed by atoms with Crippen LogP contribution in [-0.2, 0) is 19.2 Å². The highest BCUT2D eigenvalue weighted by Gasteiger charge is 2.20. The van der Waals surface area contributed by atoms with Crippen molar-refractivity contribution in [2.24, 2.45) is 5.92 Å². The summed E-state index contributed by atoms with van der Waals surface area (Å²) in [5.74, 6) is -2.71. The molecule has 1 fully saturated rings. The topological polar surface area (TPSA) is 207 Å². The molecule has 0 bridgehead atoms. The van der Waals surface area contributed by atoms with Crippen LogP contribution in [0.5, 0.6) is 0 Å². The van der Waals surface area contributed by atoms with Crippen molar-refractivity contribution in [3.8, 4) is 0 Å². The molecule has 0 unspecified atom stereocenters. The number of unbranched alkanes of at least 4 members (excludes halogenated alkanes) is 1. The summed E-state index contributed by atoms with van der Waals surface area (Å²) < 4.78 is 0. The highest BCUT2D eigenvalue weighted by molar-refractivity contribution is 5.81. The number of aliphatic carboxylic acids is 3. The third-order valence-electron chi connectivity index (χ3n) is 6.68. The number of rotatable bonds is 16. The number of hydrogen-bond acceptors (Lipinski definition) is 10. The Labute approximate surface area is 247 Å². The van der Waals surface area contributed by atoms with Gasteiger partial charge < -0.3 is 26.0 Å². The summed E-state index contributed by atoms with van der Waals surface area (Å²) in [6.45, 7) is 8.06. The highest BCUT2D eigenvalue weighted by atomic mass is 16.4. The lowest BCUT2D eigenvalue weighted by Gasteiger charge is -2.33. The number of hydrogen-bond donors (Lipinski definition) is 7. The van der Waals surface area contributed by atoms with Gasteiger partial charge in [0, 0.05) is 78.5 Å². The molecule has 16 heteroatoms. The van der Waals surface area contributed by atoms with Crippen molar-refractivity contribution >= 4 is 29.8 Å². The first kappa shape index (κ1) is 37.0. The molecule has 3 amide bonds. The molecule has 1 rings (SSSR count). The number of hydrazine groups is 1. The van der Waals surface area contributed by atoms with Crippen molar-refractivity contribution in [3.05, 3.63) is 0 Å². The van der Waals surface area contributed by atoms with E-state index in [0.717, 1.165) is 19.3 Å². The molecule has 0 aromatic rings. The van der Waals surface area contributed by atoms with Crippen LogP contribution in [0.3, 0.4) is 0 Å². The summed E-state index contributed by atoms with van der Waals surface area (Å²) in [6.07, 6.45) is 3.09. The molecule has 0 saturated carbocycles. The molecule has 0 spiro atoms. The zero-order valence-corrected chi connectivity index (χ0v) is 25.0. The van der Waals surface area contributed by atoms with Crippen LogP contribution in [-0.4, -0.2) is 157 Å². The summed E-state index contributed by atoms with van der Waals surface area (Å²) in [4.78, 5) is 65.2. The van der Waals surface area contributed by atoms with Crippen LogP contribution >= 0.6 is 0 Å². The fraction of sp³-hybridized carbons (Fsp3) is 0.808. The normalized spacial score (nSPS) is 16.7. The van der Waals surface area contributed by atoms with Crippen LogP contribution in [0, 0.1) is 5.92 Å². The van der Waals surface area contributed by atoms with Gasteiger partial charge in [-0.05, 0) is 12.3 Å². The minimum atomic E-state index is -1.01. The van der Waals surface area contributed by atoms with Gasteiger partial charge in [-0.2, -0.15) is 0 Å². The van der Waals surface area contributed by atoms with E-state index in [4.69, 9.17) is 0 Å². The highest BCUT2D eigenvalue weighted by Crippen LogP contribution is 2.05. The Morgan fingerprint density at radius 2 is 1.10 bits per heavy atom. The number of carboxylic acid groups (broad SMARTS) is 3. The van der Waals surface area contributed by atoms with Crippen LogP contribution in [0.1, 0.15) is 39.5 Å². The third-order valence-corrected chi connectivity index (χ3v) is 6.68. The van der Waals surface area contributed by atoms with Gasteiger partial charge in [0.25, 0.3) is 0 Å². The lowest BCUT2D eigenvalue weighted by Crippen LogP contribution is -2.50. The van der Waals surface area contributed by atoms with Crippen LogP contribution in [0.2, 0.25) is 0 Å². The first-order chi connectivity index (χ1) is 19.9. The molecule has 0 aliphatic carbocycles. The molecule has 7 N–H and O–H groups in total. The summed E-state index contributed by atoms with van der Waals surface area (Å²) in [6, 6.07) is -0.469. The molecular formula is C26H50N8O8. The van der Waals surface area contributed by atoms with Crippen molar-refractivity contribution in [2.45, 2.75) is 39.5 Å². The van der Waals surface area contributed by atoms with Crippen molar-refractivity contribution in [3.63, 3.8) is 0 Å². The molecule has 1 aliphatic rings.